The lowest BCUT2D eigenvalue weighted by molar-refractivity contribution is 0.281. The molecule has 0 radical (unpaired) electrons. The van der Waals surface area contributed by atoms with Gasteiger partial charge in [-0.3, -0.25) is 0 Å². The van der Waals surface area contributed by atoms with Gasteiger partial charge >= 0.3 is 0 Å². The highest BCUT2D eigenvalue weighted by Crippen LogP contribution is 2.37. The van der Waals surface area contributed by atoms with E-state index >= 15 is 0 Å². The van der Waals surface area contributed by atoms with Crippen LogP contribution in [0.3, 0.4) is 0 Å². The standard InChI is InChI=1S/C12H19NO3S/c1-9-7-12(3,4)13(8-9)17(14,15)11-6-5-10(2)16-11/h5-6,9H,7-8H2,1-4H3. The first-order valence-corrected chi connectivity index (χ1v) is 7.27. The topological polar surface area (TPSA) is 50.5 Å². The molecule has 5 heteroatoms. The smallest absolute Gasteiger partial charge is 0.276 e. The third-order valence-corrected chi connectivity index (χ3v) is 5.21. The summed E-state index contributed by atoms with van der Waals surface area (Å²) in [5.74, 6) is 1.00. The van der Waals surface area contributed by atoms with E-state index in [2.05, 4.69) is 6.92 Å². The summed E-state index contributed by atoms with van der Waals surface area (Å²) >= 11 is 0. The summed E-state index contributed by atoms with van der Waals surface area (Å²) in [4.78, 5) is 0. The van der Waals surface area contributed by atoms with Crippen LogP contribution < -0.4 is 0 Å². The molecule has 1 aliphatic rings. The quantitative estimate of drug-likeness (QED) is 0.817. The summed E-state index contributed by atoms with van der Waals surface area (Å²) < 4.78 is 31.7. The van der Waals surface area contributed by atoms with Gasteiger partial charge in [0, 0.05) is 12.1 Å². The molecule has 0 saturated carbocycles. The van der Waals surface area contributed by atoms with Crippen LogP contribution in [0, 0.1) is 12.8 Å². The molecule has 0 aliphatic carbocycles. The van der Waals surface area contributed by atoms with Gasteiger partial charge in [-0.05, 0) is 45.2 Å². The van der Waals surface area contributed by atoms with Crippen molar-refractivity contribution < 1.29 is 12.8 Å². The second-order valence-corrected chi connectivity index (χ2v) is 7.32. The van der Waals surface area contributed by atoms with E-state index in [1.807, 2.05) is 13.8 Å². The first-order chi connectivity index (χ1) is 7.73. The van der Waals surface area contributed by atoms with Crippen molar-refractivity contribution in [3.8, 4) is 0 Å². The first kappa shape index (κ1) is 12.6. The van der Waals surface area contributed by atoms with Crippen molar-refractivity contribution in [3.63, 3.8) is 0 Å². The minimum atomic E-state index is -3.49. The number of hydrogen-bond acceptors (Lipinski definition) is 3. The molecule has 1 aromatic rings. The molecule has 17 heavy (non-hydrogen) atoms. The van der Waals surface area contributed by atoms with Gasteiger partial charge in [0.25, 0.3) is 10.0 Å². The van der Waals surface area contributed by atoms with Crippen LogP contribution in [-0.4, -0.2) is 24.8 Å². The van der Waals surface area contributed by atoms with Crippen molar-refractivity contribution >= 4 is 10.0 Å². The van der Waals surface area contributed by atoms with Crippen molar-refractivity contribution in [3.05, 3.63) is 17.9 Å². The van der Waals surface area contributed by atoms with E-state index in [1.165, 1.54) is 6.07 Å². The van der Waals surface area contributed by atoms with Crippen molar-refractivity contribution in [1.29, 1.82) is 0 Å². The lowest BCUT2D eigenvalue weighted by Gasteiger charge is -2.29. The van der Waals surface area contributed by atoms with E-state index in [1.54, 1.807) is 17.3 Å². The van der Waals surface area contributed by atoms with Gasteiger partial charge in [0.2, 0.25) is 5.09 Å². The Labute approximate surface area is 103 Å². The Balaban J connectivity index is 2.40. The second-order valence-electron chi connectivity index (χ2n) is 5.52. The van der Waals surface area contributed by atoms with Gasteiger partial charge in [-0.2, -0.15) is 4.31 Å². The highest BCUT2D eigenvalue weighted by atomic mass is 32.2. The Morgan fingerprint density at radius 1 is 1.41 bits per heavy atom. The van der Waals surface area contributed by atoms with Crippen LogP contribution in [0.1, 0.15) is 33.0 Å². The van der Waals surface area contributed by atoms with Gasteiger partial charge in [-0.1, -0.05) is 6.92 Å². The molecule has 1 fully saturated rings. The maximum atomic E-state index is 12.4. The number of nitrogens with zero attached hydrogens (tertiary/aromatic N) is 1. The first-order valence-electron chi connectivity index (χ1n) is 5.83. The number of sulfonamides is 1. The average Bonchev–Trinajstić information content (AvgIpc) is 2.70. The van der Waals surface area contributed by atoms with Crippen molar-refractivity contribution in [2.45, 2.75) is 44.7 Å². The summed E-state index contributed by atoms with van der Waals surface area (Å²) in [6.45, 7) is 8.31. The van der Waals surface area contributed by atoms with Crippen LogP contribution in [0.15, 0.2) is 21.6 Å². The van der Waals surface area contributed by atoms with E-state index in [-0.39, 0.29) is 10.6 Å². The summed E-state index contributed by atoms with van der Waals surface area (Å²) in [5, 5.41) is 0.0529. The molecule has 0 spiro atoms. The molecule has 4 nitrogen and oxygen atoms in total. The zero-order chi connectivity index (χ0) is 12.8. The molecule has 0 bridgehead atoms. The normalized spacial score (nSPS) is 25.3. The fraction of sp³-hybridized carbons (Fsp3) is 0.667. The fourth-order valence-corrected chi connectivity index (χ4v) is 4.50. The molecule has 1 unspecified atom stereocenters. The van der Waals surface area contributed by atoms with Gasteiger partial charge in [0.1, 0.15) is 5.76 Å². The Hall–Kier alpha value is -0.810. The molecular formula is C12H19NO3S. The van der Waals surface area contributed by atoms with Gasteiger partial charge in [-0.25, -0.2) is 8.42 Å². The third-order valence-electron chi connectivity index (χ3n) is 3.26. The Bertz CT molecular complexity index is 516. The highest BCUT2D eigenvalue weighted by molar-refractivity contribution is 7.89. The predicted octanol–water partition coefficient (Wildman–Crippen LogP) is 2.40. The fourth-order valence-electron chi connectivity index (χ4n) is 2.63. The molecule has 2 heterocycles. The lowest BCUT2D eigenvalue weighted by atomic mass is 9.99. The molecule has 1 aromatic heterocycles. The van der Waals surface area contributed by atoms with E-state index in [4.69, 9.17) is 4.42 Å². The van der Waals surface area contributed by atoms with E-state index in [9.17, 15) is 8.42 Å². The molecule has 1 atom stereocenters. The zero-order valence-electron chi connectivity index (χ0n) is 10.7. The van der Waals surface area contributed by atoms with E-state index < -0.39 is 10.0 Å². The summed E-state index contributed by atoms with van der Waals surface area (Å²) in [6.07, 6.45) is 0.881. The number of aryl methyl sites for hydroxylation is 1. The van der Waals surface area contributed by atoms with Gasteiger partial charge in [0.15, 0.2) is 0 Å². The molecule has 1 aliphatic heterocycles. The lowest BCUT2D eigenvalue weighted by Crippen LogP contribution is -2.42. The Morgan fingerprint density at radius 3 is 2.47 bits per heavy atom. The van der Waals surface area contributed by atoms with Crippen LogP contribution in [0.4, 0.5) is 0 Å². The van der Waals surface area contributed by atoms with Crippen LogP contribution in [0.25, 0.3) is 0 Å². The van der Waals surface area contributed by atoms with Crippen molar-refractivity contribution in [1.82, 2.24) is 4.31 Å². The SMILES string of the molecule is Cc1ccc(S(=O)(=O)N2CC(C)CC2(C)C)o1. The largest absolute Gasteiger partial charge is 0.449 e. The Morgan fingerprint density at radius 2 is 2.06 bits per heavy atom. The summed E-state index contributed by atoms with van der Waals surface area (Å²) in [5.41, 5.74) is -0.334. The van der Waals surface area contributed by atoms with E-state index in [0.717, 1.165) is 6.42 Å². The summed E-state index contributed by atoms with van der Waals surface area (Å²) in [6, 6.07) is 3.21. The molecule has 0 aromatic carbocycles. The van der Waals surface area contributed by atoms with Crippen molar-refractivity contribution in [2.24, 2.45) is 5.92 Å². The minimum absolute atomic E-state index is 0.0529. The van der Waals surface area contributed by atoms with Crippen LogP contribution in [-0.2, 0) is 10.0 Å². The molecule has 96 valence electrons. The van der Waals surface area contributed by atoms with Gasteiger partial charge in [0.05, 0.1) is 0 Å². The highest BCUT2D eigenvalue weighted by Gasteiger charge is 2.45. The maximum Gasteiger partial charge on any atom is 0.276 e. The molecule has 1 saturated heterocycles. The molecule has 0 amide bonds. The predicted molar refractivity (Wildman–Crippen MR) is 65.2 cm³/mol. The van der Waals surface area contributed by atoms with Crippen LogP contribution >= 0.6 is 0 Å². The maximum absolute atomic E-state index is 12.4. The van der Waals surface area contributed by atoms with E-state index in [0.29, 0.717) is 18.2 Å². The minimum Gasteiger partial charge on any atom is -0.449 e. The molecular weight excluding hydrogens is 238 g/mol. The Kier molecular flexibility index (Phi) is 2.86. The van der Waals surface area contributed by atoms with Gasteiger partial charge in [-0.15, -0.1) is 0 Å². The van der Waals surface area contributed by atoms with Crippen LogP contribution in [0.5, 0.6) is 0 Å². The van der Waals surface area contributed by atoms with Crippen LogP contribution in [0.2, 0.25) is 0 Å². The summed E-state index contributed by atoms with van der Waals surface area (Å²) in [7, 11) is -3.49. The zero-order valence-corrected chi connectivity index (χ0v) is 11.5. The molecule has 2 rings (SSSR count). The second kappa shape index (κ2) is 3.85. The van der Waals surface area contributed by atoms with Crippen molar-refractivity contribution in [2.75, 3.05) is 6.54 Å². The monoisotopic (exact) mass is 257 g/mol. The van der Waals surface area contributed by atoms with Gasteiger partial charge < -0.3 is 4.42 Å². The third kappa shape index (κ3) is 2.13. The number of hydrogen-bond donors (Lipinski definition) is 0. The average molecular weight is 257 g/mol. The molecule has 0 N–H and O–H groups in total. The number of rotatable bonds is 2. The number of furan rings is 1.